The second kappa shape index (κ2) is 9.32. The highest BCUT2D eigenvalue weighted by Gasteiger charge is 2.10. The summed E-state index contributed by atoms with van der Waals surface area (Å²) in [4.78, 5) is 4.37. The van der Waals surface area contributed by atoms with Gasteiger partial charge in [-0.25, -0.2) is 4.98 Å². The number of unbranched alkanes of at least 4 members (excludes halogenated alkanes) is 1. The Morgan fingerprint density at radius 3 is 2.84 bits per heavy atom. The van der Waals surface area contributed by atoms with Crippen LogP contribution in [-0.2, 0) is 6.54 Å². The Morgan fingerprint density at radius 2 is 2.21 bits per heavy atom. The molecule has 0 saturated carbocycles. The fraction of sp³-hybridized carbons (Fsp3) is 0.667. The molecule has 3 nitrogen and oxygen atoms in total. The SMILES string of the molecule is CCCCC(CC)COc1ncc(Br)cc1CNC. The molecule has 0 spiro atoms. The van der Waals surface area contributed by atoms with E-state index in [4.69, 9.17) is 4.74 Å². The van der Waals surface area contributed by atoms with Gasteiger partial charge in [-0.3, -0.25) is 0 Å². The highest BCUT2D eigenvalue weighted by Crippen LogP contribution is 2.21. The summed E-state index contributed by atoms with van der Waals surface area (Å²) in [6, 6.07) is 2.06. The van der Waals surface area contributed by atoms with Gasteiger partial charge in [0.2, 0.25) is 5.88 Å². The summed E-state index contributed by atoms with van der Waals surface area (Å²) < 4.78 is 6.91. The maximum Gasteiger partial charge on any atom is 0.217 e. The molecule has 1 rings (SSSR count). The zero-order chi connectivity index (χ0) is 14.1. The third-order valence-electron chi connectivity index (χ3n) is 3.26. The van der Waals surface area contributed by atoms with Crippen LogP contribution in [0.5, 0.6) is 5.88 Å². The van der Waals surface area contributed by atoms with E-state index in [0.717, 1.165) is 35.5 Å². The van der Waals surface area contributed by atoms with Crippen LogP contribution in [0.15, 0.2) is 16.7 Å². The average molecular weight is 329 g/mol. The summed E-state index contributed by atoms with van der Waals surface area (Å²) in [5.41, 5.74) is 1.10. The van der Waals surface area contributed by atoms with Crippen LogP contribution in [0.25, 0.3) is 0 Å². The molecule has 0 fully saturated rings. The molecule has 1 unspecified atom stereocenters. The van der Waals surface area contributed by atoms with E-state index in [2.05, 4.69) is 46.1 Å². The molecule has 1 aromatic heterocycles. The number of pyridine rings is 1. The summed E-state index contributed by atoms with van der Waals surface area (Å²) in [6.07, 6.45) is 6.72. The Bertz CT molecular complexity index is 371. The van der Waals surface area contributed by atoms with Crippen LogP contribution >= 0.6 is 15.9 Å². The second-order valence-corrected chi connectivity index (χ2v) is 5.79. The maximum atomic E-state index is 5.92. The number of rotatable bonds is 9. The van der Waals surface area contributed by atoms with E-state index in [1.807, 2.05) is 7.05 Å². The van der Waals surface area contributed by atoms with Crippen molar-refractivity contribution < 1.29 is 4.74 Å². The summed E-state index contributed by atoms with van der Waals surface area (Å²) in [5.74, 6) is 1.39. The molecule has 0 saturated heterocycles. The van der Waals surface area contributed by atoms with Crippen molar-refractivity contribution in [1.82, 2.24) is 10.3 Å². The van der Waals surface area contributed by atoms with Gasteiger partial charge in [0.15, 0.2) is 0 Å². The third-order valence-corrected chi connectivity index (χ3v) is 3.69. The molecule has 0 bridgehead atoms. The van der Waals surface area contributed by atoms with E-state index in [1.54, 1.807) is 6.20 Å². The van der Waals surface area contributed by atoms with Gasteiger partial charge in [0.25, 0.3) is 0 Å². The summed E-state index contributed by atoms with van der Waals surface area (Å²) in [7, 11) is 1.93. The molecule has 19 heavy (non-hydrogen) atoms. The first-order chi connectivity index (χ1) is 9.21. The predicted molar refractivity (Wildman–Crippen MR) is 83.5 cm³/mol. The second-order valence-electron chi connectivity index (χ2n) is 4.88. The van der Waals surface area contributed by atoms with Crippen LogP contribution in [0, 0.1) is 5.92 Å². The van der Waals surface area contributed by atoms with Crippen molar-refractivity contribution in [2.24, 2.45) is 5.92 Å². The highest BCUT2D eigenvalue weighted by molar-refractivity contribution is 9.10. The number of halogens is 1. The summed E-state index contributed by atoms with van der Waals surface area (Å²) >= 11 is 3.45. The van der Waals surface area contributed by atoms with E-state index < -0.39 is 0 Å². The average Bonchev–Trinajstić information content (AvgIpc) is 2.41. The Labute approximate surface area is 125 Å². The molecule has 1 aromatic rings. The first-order valence-electron chi connectivity index (χ1n) is 7.13. The normalized spacial score (nSPS) is 12.4. The van der Waals surface area contributed by atoms with Crippen molar-refractivity contribution in [3.8, 4) is 5.88 Å². The van der Waals surface area contributed by atoms with Crippen molar-refractivity contribution in [3.05, 3.63) is 22.3 Å². The lowest BCUT2D eigenvalue weighted by Crippen LogP contribution is -2.14. The van der Waals surface area contributed by atoms with Gasteiger partial charge in [0.05, 0.1) is 6.61 Å². The smallest absolute Gasteiger partial charge is 0.217 e. The van der Waals surface area contributed by atoms with Gasteiger partial charge in [0, 0.05) is 22.8 Å². The first kappa shape index (κ1) is 16.4. The fourth-order valence-corrected chi connectivity index (χ4v) is 2.39. The quantitative estimate of drug-likeness (QED) is 0.739. The summed E-state index contributed by atoms with van der Waals surface area (Å²) in [5, 5.41) is 3.15. The maximum absolute atomic E-state index is 5.92. The molecule has 1 N–H and O–H groups in total. The Hall–Kier alpha value is -0.610. The lowest BCUT2D eigenvalue weighted by Gasteiger charge is -2.16. The van der Waals surface area contributed by atoms with Crippen LogP contribution in [0.2, 0.25) is 0 Å². The molecule has 1 atom stereocenters. The molecule has 0 radical (unpaired) electrons. The van der Waals surface area contributed by atoms with Gasteiger partial charge in [-0.15, -0.1) is 0 Å². The topological polar surface area (TPSA) is 34.1 Å². The Kier molecular flexibility index (Phi) is 8.07. The summed E-state index contributed by atoms with van der Waals surface area (Å²) in [6.45, 7) is 6.00. The van der Waals surface area contributed by atoms with E-state index in [9.17, 15) is 0 Å². The molecule has 0 aliphatic carbocycles. The lowest BCUT2D eigenvalue weighted by atomic mass is 10.0. The fourth-order valence-electron chi connectivity index (χ4n) is 2.01. The molecular formula is C15H25BrN2O. The number of hydrogen-bond donors (Lipinski definition) is 1. The minimum Gasteiger partial charge on any atom is -0.477 e. The van der Waals surface area contributed by atoms with Crippen LogP contribution in [0.3, 0.4) is 0 Å². The van der Waals surface area contributed by atoms with Gasteiger partial charge in [-0.2, -0.15) is 0 Å². The van der Waals surface area contributed by atoms with Crippen LogP contribution in [-0.4, -0.2) is 18.6 Å². The number of ether oxygens (including phenoxy) is 1. The number of hydrogen-bond acceptors (Lipinski definition) is 3. The largest absolute Gasteiger partial charge is 0.477 e. The third kappa shape index (κ3) is 5.91. The van der Waals surface area contributed by atoms with Gasteiger partial charge < -0.3 is 10.1 Å². The van der Waals surface area contributed by atoms with E-state index in [-0.39, 0.29) is 0 Å². The Morgan fingerprint density at radius 1 is 1.42 bits per heavy atom. The molecule has 0 amide bonds. The molecule has 0 aliphatic heterocycles. The van der Waals surface area contributed by atoms with E-state index in [1.165, 1.54) is 19.3 Å². The molecular weight excluding hydrogens is 304 g/mol. The lowest BCUT2D eigenvalue weighted by molar-refractivity contribution is 0.223. The zero-order valence-electron chi connectivity index (χ0n) is 12.2. The molecule has 108 valence electrons. The number of nitrogens with one attached hydrogen (secondary N) is 1. The molecule has 0 aliphatic rings. The molecule has 4 heteroatoms. The minimum atomic E-state index is 0.632. The highest BCUT2D eigenvalue weighted by atomic mass is 79.9. The van der Waals surface area contributed by atoms with Crippen molar-refractivity contribution in [1.29, 1.82) is 0 Å². The van der Waals surface area contributed by atoms with Crippen molar-refractivity contribution in [2.75, 3.05) is 13.7 Å². The van der Waals surface area contributed by atoms with Gasteiger partial charge in [-0.05, 0) is 41.4 Å². The van der Waals surface area contributed by atoms with Crippen LogP contribution in [0.1, 0.15) is 45.1 Å². The number of aromatic nitrogens is 1. The van der Waals surface area contributed by atoms with Crippen molar-refractivity contribution in [2.45, 2.75) is 46.1 Å². The van der Waals surface area contributed by atoms with Gasteiger partial charge in [0.1, 0.15) is 0 Å². The predicted octanol–water partition coefficient (Wildman–Crippen LogP) is 4.16. The Balaban J connectivity index is 2.60. The van der Waals surface area contributed by atoms with Crippen LogP contribution in [0.4, 0.5) is 0 Å². The first-order valence-corrected chi connectivity index (χ1v) is 7.92. The van der Waals surface area contributed by atoms with Gasteiger partial charge >= 0.3 is 0 Å². The van der Waals surface area contributed by atoms with Crippen molar-refractivity contribution >= 4 is 15.9 Å². The van der Waals surface area contributed by atoms with Gasteiger partial charge in [-0.1, -0.05) is 33.1 Å². The van der Waals surface area contributed by atoms with Crippen LogP contribution < -0.4 is 10.1 Å². The molecule has 1 heterocycles. The standard InChI is InChI=1S/C15H25BrN2O/c1-4-6-7-12(5-2)11-19-15-13(9-17-3)8-14(16)10-18-15/h8,10,12,17H,4-7,9,11H2,1-3H3. The van der Waals surface area contributed by atoms with Crippen molar-refractivity contribution in [3.63, 3.8) is 0 Å². The van der Waals surface area contributed by atoms with E-state index in [0.29, 0.717) is 5.92 Å². The monoisotopic (exact) mass is 328 g/mol. The van der Waals surface area contributed by atoms with E-state index >= 15 is 0 Å². The minimum absolute atomic E-state index is 0.632. The molecule has 0 aromatic carbocycles. The number of nitrogens with zero attached hydrogens (tertiary/aromatic N) is 1. The zero-order valence-corrected chi connectivity index (χ0v) is 13.8.